The fraction of sp³-hybridized carbons (Fsp3) is 0.353. The van der Waals surface area contributed by atoms with Gasteiger partial charge in [0.15, 0.2) is 0 Å². The van der Waals surface area contributed by atoms with Crippen LogP contribution in [-0.2, 0) is 0 Å². The number of aryl methyl sites for hydroxylation is 2. The molecule has 1 heterocycles. The zero-order valence-electron chi connectivity index (χ0n) is 13.6. The van der Waals surface area contributed by atoms with Gasteiger partial charge in [0.25, 0.3) is 5.91 Å². The van der Waals surface area contributed by atoms with Crippen LogP contribution in [0.3, 0.4) is 0 Å². The van der Waals surface area contributed by atoms with Crippen LogP contribution in [-0.4, -0.2) is 29.0 Å². The van der Waals surface area contributed by atoms with Crippen molar-refractivity contribution in [2.24, 2.45) is 0 Å². The van der Waals surface area contributed by atoms with Crippen LogP contribution >= 0.6 is 0 Å². The van der Waals surface area contributed by atoms with Gasteiger partial charge in [0.1, 0.15) is 17.8 Å². The quantitative estimate of drug-likeness (QED) is 0.921. The first-order valence-corrected chi connectivity index (χ1v) is 7.51. The summed E-state index contributed by atoms with van der Waals surface area (Å²) >= 11 is 0. The first kappa shape index (κ1) is 15.9. The summed E-state index contributed by atoms with van der Waals surface area (Å²) in [4.78, 5) is 22.9. The van der Waals surface area contributed by atoms with E-state index >= 15 is 0 Å². The SMILES string of the molecule is CCN(CC)c1cc(C(=O)Nc2c(C)cccc2C)ncn1. The third-order valence-electron chi connectivity index (χ3n) is 3.69. The molecule has 0 saturated heterocycles. The number of hydrogen-bond donors (Lipinski definition) is 1. The molecular weight excluding hydrogens is 276 g/mol. The van der Waals surface area contributed by atoms with E-state index in [1.54, 1.807) is 6.07 Å². The fourth-order valence-corrected chi connectivity index (χ4v) is 2.38. The summed E-state index contributed by atoms with van der Waals surface area (Å²) < 4.78 is 0. The Morgan fingerprint density at radius 3 is 2.36 bits per heavy atom. The van der Waals surface area contributed by atoms with Crippen LogP contribution in [0.25, 0.3) is 0 Å². The Kier molecular flexibility index (Phi) is 5.09. The van der Waals surface area contributed by atoms with Crippen molar-refractivity contribution in [1.82, 2.24) is 9.97 Å². The predicted molar refractivity (Wildman–Crippen MR) is 89.5 cm³/mol. The Bertz CT molecular complexity index is 645. The van der Waals surface area contributed by atoms with Crippen molar-refractivity contribution in [3.8, 4) is 0 Å². The number of nitrogens with one attached hydrogen (secondary N) is 1. The molecule has 5 nitrogen and oxygen atoms in total. The summed E-state index contributed by atoms with van der Waals surface area (Å²) in [5.41, 5.74) is 3.28. The summed E-state index contributed by atoms with van der Waals surface area (Å²) in [6.07, 6.45) is 1.44. The molecule has 2 rings (SSSR count). The lowest BCUT2D eigenvalue weighted by Gasteiger charge is -2.19. The van der Waals surface area contributed by atoms with Crippen LogP contribution in [0.2, 0.25) is 0 Å². The minimum absolute atomic E-state index is 0.215. The van der Waals surface area contributed by atoms with Crippen molar-refractivity contribution >= 4 is 17.4 Å². The molecule has 0 aliphatic heterocycles. The minimum Gasteiger partial charge on any atom is -0.357 e. The molecule has 0 aliphatic carbocycles. The Morgan fingerprint density at radius 1 is 1.14 bits per heavy atom. The Hall–Kier alpha value is -2.43. The number of anilines is 2. The van der Waals surface area contributed by atoms with Crippen LogP contribution in [0, 0.1) is 13.8 Å². The lowest BCUT2D eigenvalue weighted by Crippen LogP contribution is -2.24. The molecule has 1 N–H and O–H groups in total. The van der Waals surface area contributed by atoms with E-state index in [1.165, 1.54) is 6.33 Å². The maximum absolute atomic E-state index is 12.5. The van der Waals surface area contributed by atoms with Gasteiger partial charge in [0.2, 0.25) is 0 Å². The summed E-state index contributed by atoms with van der Waals surface area (Å²) in [7, 11) is 0. The summed E-state index contributed by atoms with van der Waals surface area (Å²) in [5.74, 6) is 0.555. The fourth-order valence-electron chi connectivity index (χ4n) is 2.38. The number of carbonyl (C=O) groups excluding carboxylic acids is 1. The molecule has 1 amide bonds. The van der Waals surface area contributed by atoms with E-state index in [0.29, 0.717) is 5.69 Å². The van der Waals surface area contributed by atoms with Gasteiger partial charge in [0.05, 0.1) is 0 Å². The highest BCUT2D eigenvalue weighted by molar-refractivity contribution is 6.04. The van der Waals surface area contributed by atoms with E-state index in [2.05, 4.69) is 34.0 Å². The number of hydrogen-bond acceptors (Lipinski definition) is 4. The standard InChI is InChI=1S/C17H22N4O/c1-5-21(6-2)15-10-14(18-11-19-15)17(22)20-16-12(3)8-7-9-13(16)4/h7-11H,5-6H2,1-4H3,(H,20,22). The van der Waals surface area contributed by atoms with Crippen LogP contribution in [0.4, 0.5) is 11.5 Å². The highest BCUT2D eigenvalue weighted by Crippen LogP contribution is 2.20. The normalized spacial score (nSPS) is 10.4. The highest BCUT2D eigenvalue weighted by atomic mass is 16.1. The third kappa shape index (κ3) is 3.42. The molecule has 0 bridgehead atoms. The second-order valence-corrected chi connectivity index (χ2v) is 5.15. The lowest BCUT2D eigenvalue weighted by molar-refractivity contribution is 0.102. The second-order valence-electron chi connectivity index (χ2n) is 5.15. The minimum atomic E-state index is -0.215. The molecular formula is C17H22N4O. The van der Waals surface area contributed by atoms with Gasteiger partial charge in [-0.05, 0) is 38.8 Å². The lowest BCUT2D eigenvalue weighted by atomic mass is 10.1. The van der Waals surface area contributed by atoms with Gasteiger partial charge < -0.3 is 10.2 Å². The molecule has 2 aromatic rings. The molecule has 0 fully saturated rings. The molecule has 1 aromatic carbocycles. The predicted octanol–water partition coefficient (Wildman–Crippen LogP) is 3.19. The van der Waals surface area contributed by atoms with Crippen LogP contribution in [0.1, 0.15) is 35.5 Å². The van der Waals surface area contributed by atoms with Crippen molar-refractivity contribution in [1.29, 1.82) is 0 Å². The molecule has 0 radical (unpaired) electrons. The van der Waals surface area contributed by atoms with Crippen LogP contribution < -0.4 is 10.2 Å². The van der Waals surface area contributed by atoms with Crippen molar-refractivity contribution in [2.75, 3.05) is 23.3 Å². The molecule has 0 unspecified atom stereocenters. The van der Waals surface area contributed by atoms with E-state index in [4.69, 9.17) is 0 Å². The van der Waals surface area contributed by atoms with Crippen molar-refractivity contribution < 1.29 is 4.79 Å². The maximum atomic E-state index is 12.5. The number of aromatic nitrogens is 2. The Labute approximate surface area is 131 Å². The van der Waals surface area contributed by atoms with E-state index in [0.717, 1.165) is 35.7 Å². The van der Waals surface area contributed by atoms with Crippen molar-refractivity contribution in [2.45, 2.75) is 27.7 Å². The van der Waals surface area contributed by atoms with Gasteiger partial charge in [-0.25, -0.2) is 9.97 Å². The molecule has 5 heteroatoms. The van der Waals surface area contributed by atoms with Gasteiger partial charge in [-0.1, -0.05) is 18.2 Å². The molecule has 22 heavy (non-hydrogen) atoms. The van der Waals surface area contributed by atoms with Crippen LogP contribution in [0.15, 0.2) is 30.6 Å². The van der Waals surface area contributed by atoms with E-state index in [1.807, 2.05) is 32.0 Å². The first-order valence-electron chi connectivity index (χ1n) is 7.51. The first-order chi connectivity index (χ1) is 10.6. The van der Waals surface area contributed by atoms with Gasteiger partial charge >= 0.3 is 0 Å². The smallest absolute Gasteiger partial charge is 0.274 e. The molecule has 0 aliphatic rings. The highest BCUT2D eigenvalue weighted by Gasteiger charge is 2.13. The van der Waals surface area contributed by atoms with E-state index in [-0.39, 0.29) is 5.91 Å². The molecule has 0 atom stereocenters. The number of benzene rings is 1. The topological polar surface area (TPSA) is 58.1 Å². The zero-order valence-corrected chi connectivity index (χ0v) is 13.6. The number of para-hydroxylation sites is 1. The van der Waals surface area contributed by atoms with Crippen LogP contribution in [0.5, 0.6) is 0 Å². The van der Waals surface area contributed by atoms with E-state index in [9.17, 15) is 4.79 Å². The third-order valence-corrected chi connectivity index (χ3v) is 3.69. The van der Waals surface area contributed by atoms with Gasteiger partial charge in [-0.2, -0.15) is 0 Å². The molecule has 0 saturated carbocycles. The molecule has 1 aromatic heterocycles. The average molecular weight is 298 g/mol. The van der Waals surface area contributed by atoms with Gasteiger partial charge in [0, 0.05) is 24.8 Å². The number of amides is 1. The van der Waals surface area contributed by atoms with Gasteiger partial charge in [-0.3, -0.25) is 4.79 Å². The number of rotatable bonds is 5. The summed E-state index contributed by atoms with van der Waals surface area (Å²) in [6.45, 7) is 9.74. The average Bonchev–Trinajstić information content (AvgIpc) is 2.52. The van der Waals surface area contributed by atoms with E-state index < -0.39 is 0 Å². The van der Waals surface area contributed by atoms with Crippen molar-refractivity contribution in [3.63, 3.8) is 0 Å². The number of nitrogens with zero attached hydrogens (tertiary/aromatic N) is 3. The second kappa shape index (κ2) is 7.02. The van der Waals surface area contributed by atoms with Crippen molar-refractivity contribution in [3.05, 3.63) is 47.4 Å². The zero-order chi connectivity index (χ0) is 16.1. The molecule has 116 valence electrons. The largest absolute Gasteiger partial charge is 0.357 e. The Morgan fingerprint density at radius 2 is 1.77 bits per heavy atom. The van der Waals surface area contributed by atoms with Gasteiger partial charge in [-0.15, -0.1) is 0 Å². The molecule has 0 spiro atoms. The summed E-state index contributed by atoms with van der Waals surface area (Å²) in [6, 6.07) is 7.66. The Balaban J connectivity index is 2.25. The maximum Gasteiger partial charge on any atom is 0.274 e. The summed E-state index contributed by atoms with van der Waals surface area (Å²) in [5, 5.41) is 2.95. The monoisotopic (exact) mass is 298 g/mol. The number of carbonyl (C=O) groups is 1.